The second kappa shape index (κ2) is 6.02. The van der Waals surface area contributed by atoms with Gasteiger partial charge in [0.25, 0.3) is 5.91 Å². The highest BCUT2D eigenvalue weighted by molar-refractivity contribution is 5.94. The summed E-state index contributed by atoms with van der Waals surface area (Å²) in [5, 5.41) is 9.06. The van der Waals surface area contributed by atoms with Crippen LogP contribution in [0.1, 0.15) is 28.8 Å². The maximum Gasteiger partial charge on any atom is 0.308 e. The van der Waals surface area contributed by atoms with Crippen LogP contribution < -0.4 is 0 Å². The lowest BCUT2D eigenvalue weighted by Crippen LogP contribution is -2.40. The minimum absolute atomic E-state index is 0.0334. The topological polar surface area (TPSA) is 77.9 Å². The Bertz CT molecular complexity index is 640. The van der Waals surface area contributed by atoms with Crippen LogP contribution in [0.25, 0.3) is 0 Å². The van der Waals surface area contributed by atoms with E-state index < -0.39 is 11.9 Å². The molecular weight excluding hydrogens is 296 g/mol. The van der Waals surface area contributed by atoms with Crippen LogP contribution >= 0.6 is 0 Å². The van der Waals surface area contributed by atoms with Gasteiger partial charge in [-0.15, -0.1) is 0 Å². The van der Waals surface area contributed by atoms with Gasteiger partial charge in [0.1, 0.15) is 0 Å². The molecule has 0 radical (unpaired) electrons. The smallest absolute Gasteiger partial charge is 0.308 e. The summed E-state index contributed by atoms with van der Waals surface area (Å²) in [6, 6.07) is 7.37. The number of nitrogens with zero attached hydrogens (tertiary/aromatic N) is 2. The van der Waals surface area contributed by atoms with Crippen LogP contribution in [-0.2, 0) is 9.59 Å². The lowest BCUT2D eigenvalue weighted by atomic mass is 10.1. The monoisotopic (exact) mass is 316 g/mol. The van der Waals surface area contributed by atoms with Gasteiger partial charge in [0.05, 0.1) is 12.0 Å². The van der Waals surface area contributed by atoms with E-state index in [4.69, 9.17) is 5.11 Å². The van der Waals surface area contributed by atoms with Crippen molar-refractivity contribution in [3.63, 3.8) is 0 Å². The third-order valence-corrected chi connectivity index (χ3v) is 4.70. The predicted molar refractivity (Wildman–Crippen MR) is 82.9 cm³/mol. The van der Waals surface area contributed by atoms with Gasteiger partial charge in [-0.3, -0.25) is 14.4 Å². The van der Waals surface area contributed by atoms with Crippen LogP contribution in [0.2, 0.25) is 0 Å². The summed E-state index contributed by atoms with van der Waals surface area (Å²) in [4.78, 5) is 39.0. The molecule has 1 aromatic rings. The molecule has 6 heteroatoms. The van der Waals surface area contributed by atoms with E-state index in [1.165, 1.54) is 0 Å². The van der Waals surface area contributed by atoms with Gasteiger partial charge >= 0.3 is 5.97 Å². The zero-order valence-electron chi connectivity index (χ0n) is 13.1. The summed E-state index contributed by atoms with van der Waals surface area (Å²) in [5.41, 5.74) is 1.75. The van der Waals surface area contributed by atoms with E-state index in [9.17, 15) is 14.4 Å². The van der Waals surface area contributed by atoms with Crippen molar-refractivity contribution >= 4 is 17.8 Å². The van der Waals surface area contributed by atoms with Crippen LogP contribution in [-0.4, -0.2) is 58.4 Å². The molecule has 1 aromatic carbocycles. The summed E-state index contributed by atoms with van der Waals surface area (Å²) in [6.07, 6.45) is 0.771. The van der Waals surface area contributed by atoms with Crippen LogP contribution in [0, 0.1) is 12.8 Å². The number of carboxylic acid groups (broad SMARTS) is 1. The summed E-state index contributed by atoms with van der Waals surface area (Å²) in [5.74, 6) is -1.70. The van der Waals surface area contributed by atoms with Crippen LogP contribution in [0.5, 0.6) is 0 Å². The van der Waals surface area contributed by atoms with Crippen molar-refractivity contribution < 1.29 is 19.5 Å². The molecule has 2 fully saturated rings. The number of aliphatic carboxylic acids is 1. The first-order valence-electron chi connectivity index (χ1n) is 7.84. The number of likely N-dealkylation sites (tertiary alicyclic amines) is 2. The molecule has 2 aliphatic heterocycles. The second-order valence-electron chi connectivity index (χ2n) is 6.35. The molecule has 0 aromatic heterocycles. The molecule has 2 amide bonds. The highest BCUT2D eigenvalue weighted by atomic mass is 16.4. The molecule has 1 N–H and O–H groups in total. The molecule has 23 heavy (non-hydrogen) atoms. The zero-order chi connectivity index (χ0) is 16.6. The molecule has 122 valence electrons. The molecule has 2 aliphatic rings. The standard InChI is InChI=1S/C17H20N2O4/c1-11-2-4-12(5-3-11)16(21)18-7-6-14(10-18)19-9-13(17(22)23)8-15(19)20/h2-5,13-14H,6-10H2,1H3,(H,22,23). The average molecular weight is 316 g/mol. The Hall–Kier alpha value is -2.37. The van der Waals surface area contributed by atoms with Gasteiger partial charge in [0, 0.05) is 31.6 Å². The van der Waals surface area contributed by atoms with E-state index in [0.717, 1.165) is 5.56 Å². The SMILES string of the molecule is Cc1ccc(C(=O)N2CCC(N3CC(C(=O)O)CC3=O)C2)cc1. The molecule has 3 rings (SSSR count). The van der Waals surface area contributed by atoms with E-state index in [-0.39, 0.29) is 30.8 Å². The maximum atomic E-state index is 12.5. The number of amides is 2. The van der Waals surface area contributed by atoms with Gasteiger partial charge in [0.15, 0.2) is 0 Å². The highest BCUT2D eigenvalue weighted by Crippen LogP contribution is 2.26. The van der Waals surface area contributed by atoms with Crippen molar-refractivity contribution in [1.82, 2.24) is 9.80 Å². The Morgan fingerprint density at radius 3 is 2.48 bits per heavy atom. The van der Waals surface area contributed by atoms with Crippen molar-refractivity contribution in [2.24, 2.45) is 5.92 Å². The molecule has 0 saturated carbocycles. The number of rotatable bonds is 3. The molecule has 2 atom stereocenters. The van der Waals surface area contributed by atoms with Crippen molar-refractivity contribution in [2.45, 2.75) is 25.8 Å². The molecule has 2 saturated heterocycles. The first-order valence-corrected chi connectivity index (χ1v) is 7.84. The quantitative estimate of drug-likeness (QED) is 0.907. The third kappa shape index (κ3) is 3.06. The van der Waals surface area contributed by atoms with Crippen molar-refractivity contribution in [3.05, 3.63) is 35.4 Å². The van der Waals surface area contributed by atoms with E-state index in [1.807, 2.05) is 31.2 Å². The molecule has 6 nitrogen and oxygen atoms in total. The lowest BCUT2D eigenvalue weighted by Gasteiger charge is -2.24. The Balaban J connectivity index is 1.64. The number of hydrogen-bond acceptors (Lipinski definition) is 3. The Kier molecular flexibility index (Phi) is 4.07. The molecule has 0 aliphatic carbocycles. The van der Waals surface area contributed by atoms with Gasteiger partial charge in [0.2, 0.25) is 5.91 Å². The number of hydrogen-bond donors (Lipinski definition) is 1. The fraction of sp³-hybridized carbons (Fsp3) is 0.471. The molecular formula is C17H20N2O4. The molecule has 2 heterocycles. The van der Waals surface area contributed by atoms with Gasteiger partial charge in [-0.1, -0.05) is 17.7 Å². The van der Waals surface area contributed by atoms with Crippen LogP contribution in [0.3, 0.4) is 0 Å². The van der Waals surface area contributed by atoms with Crippen molar-refractivity contribution in [1.29, 1.82) is 0 Å². The first kappa shape index (κ1) is 15.5. The van der Waals surface area contributed by atoms with Gasteiger partial charge in [-0.25, -0.2) is 0 Å². The van der Waals surface area contributed by atoms with E-state index >= 15 is 0 Å². The van der Waals surface area contributed by atoms with Crippen molar-refractivity contribution in [3.8, 4) is 0 Å². The zero-order valence-corrected chi connectivity index (χ0v) is 13.1. The third-order valence-electron chi connectivity index (χ3n) is 4.70. The Morgan fingerprint density at radius 2 is 1.87 bits per heavy atom. The van der Waals surface area contributed by atoms with Crippen molar-refractivity contribution in [2.75, 3.05) is 19.6 Å². The van der Waals surface area contributed by atoms with E-state index in [0.29, 0.717) is 25.1 Å². The number of aryl methyl sites for hydroxylation is 1. The fourth-order valence-electron chi connectivity index (χ4n) is 3.31. The van der Waals surface area contributed by atoms with E-state index in [1.54, 1.807) is 9.80 Å². The van der Waals surface area contributed by atoms with Gasteiger partial charge < -0.3 is 14.9 Å². The first-order chi connectivity index (χ1) is 11.0. The summed E-state index contributed by atoms with van der Waals surface area (Å²) in [7, 11) is 0. The van der Waals surface area contributed by atoms with E-state index in [2.05, 4.69) is 0 Å². The fourth-order valence-corrected chi connectivity index (χ4v) is 3.31. The minimum Gasteiger partial charge on any atom is -0.481 e. The number of carboxylic acids is 1. The largest absolute Gasteiger partial charge is 0.481 e. The Labute approximate surface area is 134 Å². The normalized spacial score (nSPS) is 24.3. The number of carbonyl (C=O) groups is 3. The van der Waals surface area contributed by atoms with Crippen LogP contribution in [0.4, 0.5) is 0 Å². The predicted octanol–water partition coefficient (Wildman–Crippen LogP) is 1.14. The lowest BCUT2D eigenvalue weighted by molar-refractivity contribution is -0.141. The Morgan fingerprint density at radius 1 is 1.17 bits per heavy atom. The minimum atomic E-state index is -0.925. The number of benzene rings is 1. The summed E-state index contributed by atoms with van der Waals surface area (Å²) in [6.45, 7) is 3.30. The summed E-state index contributed by atoms with van der Waals surface area (Å²) >= 11 is 0. The average Bonchev–Trinajstić information content (AvgIpc) is 3.13. The highest BCUT2D eigenvalue weighted by Gasteiger charge is 2.40. The van der Waals surface area contributed by atoms with Gasteiger partial charge in [-0.2, -0.15) is 0 Å². The molecule has 0 spiro atoms. The van der Waals surface area contributed by atoms with Crippen LogP contribution in [0.15, 0.2) is 24.3 Å². The van der Waals surface area contributed by atoms with Gasteiger partial charge in [-0.05, 0) is 25.5 Å². The maximum absolute atomic E-state index is 12.5. The molecule has 2 unspecified atom stereocenters. The number of carbonyl (C=O) groups excluding carboxylic acids is 2. The summed E-state index contributed by atoms with van der Waals surface area (Å²) < 4.78 is 0. The molecule has 0 bridgehead atoms. The second-order valence-corrected chi connectivity index (χ2v) is 6.35.